The van der Waals surface area contributed by atoms with E-state index in [4.69, 9.17) is 9.98 Å². The van der Waals surface area contributed by atoms with Crippen LogP contribution in [-0.4, -0.2) is 11.4 Å². The fourth-order valence-electron chi connectivity index (χ4n) is 5.02. The normalized spacial score (nSPS) is 12.1. The van der Waals surface area contributed by atoms with E-state index in [2.05, 4.69) is 77.9 Å². The number of nitrogens with zero attached hydrogens (tertiary/aromatic N) is 2. The molecule has 0 amide bonds. The van der Waals surface area contributed by atoms with Crippen LogP contribution in [0.15, 0.2) is 46.4 Å². The Bertz CT molecular complexity index is 854. The van der Waals surface area contributed by atoms with Gasteiger partial charge in [0.1, 0.15) is 0 Å². The number of hydrogen-bond acceptors (Lipinski definition) is 2. The zero-order valence-corrected chi connectivity index (χ0v) is 25.6. The second-order valence-electron chi connectivity index (χ2n) is 10.8. The average Bonchev–Trinajstić information content (AvgIpc) is 2.80. The molecule has 0 aliphatic carbocycles. The number of rotatable bonds is 17. The summed E-state index contributed by atoms with van der Waals surface area (Å²) in [5, 5.41) is 0. The predicted molar refractivity (Wildman–Crippen MR) is 162 cm³/mol. The van der Waals surface area contributed by atoms with Gasteiger partial charge in [-0.1, -0.05) is 90.2 Å². The molecule has 0 spiro atoms. The number of benzene rings is 2. The van der Waals surface area contributed by atoms with Crippen molar-refractivity contribution in [3.05, 3.63) is 58.7 Å². The third kappa shape index (κ3) is 14.1. The van der Waals surface area contributed by atoms with Crippen molar-refractivity contribution in [2.24, 2.45) is 9.98 Å². The van der Waals surface area contributed by atoms with E-state index in [9.17, 15) is 0 Å². The first-order valence-corrected chi connectivity index (χ1v) is 14.7. The van der Waals surface area contributed by atoms with Gasteiger partial charge >= 0.3 is 0 Å². The maximum absolute atomic E-state index is 5.27. The molecule has 0 aliphatic heterocycles. The van der Waals surface area contributed by atoms with Gasteiger partial charge in [0, 0.05) is 16.5 Å². The van der Waals surface area contributed by atoms with Gasteiger partial charge in [-0.3, -0.25) is 9.98 Å². The van der Waals surface area contributed by atoms with E-state index >= 15 is 0 Å². The summed E-state index contributed by atoms with van der Waals surface area (Å²) >= 11 is 0. The number of aryl methyl sites for hydroxylation is 4. The van der Waals surface area contributed by atoms with Crippen LogP contribution in [0.3, 0.4) is 0 Å². The first-order valence-electron chi connectivity index (χ1n) is 14.7. The molecule has 0 N–H and O–H groups in total. The molecular formula is C34H52N2Ni. The summed E-state index contributed by atoms with van der Waals surface area (Å²) in [5.41, 5.74) is 9.64. The smallest absolute Gasteiger partial charge is 0.0639 e. The minimum absolute atomic E-state index is 0. The molecule has 2 rings (SSSR count). The van der Waals surface area contributed by atoms with E-state index in [1.165, 1.54) is 111 Å². The van der Waals surface area contributed by atoms with Crippen molar-refractivity contribution in [1.29, 1.82) is 0 Å². The number of unbranched alkanes of at least 4 members (excludes halogenated alkanes) is 10. The molecule has 0 bridgehead atoms. The van der Waals surface area contributed by atoms with Crippen molar-refractivity contribution >= 4 is 22.8 Å². The van der Waals surface area contributed by atoms with Gasteiger partial charge in [0.2, 0.25) is 0 Å². The van der Waals surface area contributed by atoms with Crippen molar-refractivity contribution in [2.45, 2.75) is 131 Å². The van der Waals surface area contributed by atoms with Gasteiger partial charge in [-0.15, -0.1) is 0 Å². The zero-order chi connectivity index (χ0) is 26.2. The quantitative estimate of drug-likeness (QED) is 0.107. The molecule has 2 aromatic carbocycles. The van der Waals surface area contributed by atoms with Gasteiger partial charge in [0.15, 0.2) is 0 Å². The number of hydrogen-bond donors (Lipinski definition) is 0. The van der Waals surface area contributed by atoms with Crippen molar-refractivity contribution in [2.75, 3.05) is 0 Å². The standard InChI is InChI=1S/C34H52N2.Ni/c1-7-9-11-13-15-17-19-33(35-31-23-27(3)21-28(4)24-31)34(20-18-16-14-12-10-8-2)36-32-25-29(5)22-30(6)26-32;/h21-26H,7-20H2,1-6H3;. The van der Waals surface area contributed by atoms with Gasteiger partial charge in [0.05, 0.1) is 22.8 Å². The summed E-state index contributed by atoms with van der Waals surface area (Å²) in [7, 11) is 0. The third-order valence-electron chi connectivity index (χ3n) is 6.81. The Balaban J connectivity index is 0.00000684. The third-order valence-corrected chi connectivity index (χ3v) is 6.81. The predicted octanol–water partition coefficient (Wildman–Crippen LogP) is 11.3. The van der Waals surface area contributed by atoms with E-state index < -0.39 is 0 Å². The Morgan fingerprint density at radius 2 is 0.757 bits per heavy atom. The number of aliphatic imine (C=N–C) groups is 2. The van der Waals surface area contributed by atoms with E-state index in [-0.39, 0.29) is 16.5 Å². The fraction of sp³-hybridized carbons (Fsp3) is 0.588. The van der Waals surface area contributed by atoms with Crippen LogP contribution in [-0.2, 0) is 16.5 Å². The fourth-order valence-corrected chi connectivity index (χ4v) is 5.02. The van der Waals surface area contributed by atoms with Crippen molar-refractivity contribution < 1.29 is 16.5 Å². The minimum atomic E-state index is 0. The van der Waals surface area contributed by atoms with Crippen LogP contribution < -0.4 is 0 Å². The van der Waals surface area contributed by atoms with Gasteiger partial charge in [-0.25, -0.2) is 0 Å². The van der Waals surface area contributed by atoms with Crippen LogP contribution in [0.5, 0.6) is 0 Å². The first kappa shape index (κ1) is 33.3. The zero-order valence-electron chi connectivity index (χ0n) is 24.6. The molecule has 0 fully saturated rings. The molecule has 37 heavy (non-hydrogen) atoms. The Labute approximate surface area is 238 Å². The van der Waals surface area contributed by atoms with Crippen molar-refractivity contribution in [3.63, 3.8) is 0 Å². The van der Waals surface area contributed by atoms with E-state index in [1.807, 2.05) is 0 Å². The molecule has 0 aliphatic rings. The Morgan fingerprint density at radius 1 is 0.459 bits per heavy atom. The first-order chi connectivity index (χ1) is 17.4. The Kier molecular flexibility index (Phi) is 17.4. The van der Waals surface area contributed by atoms with Crippen molar-refractivity contribution in [3.8, 4) is 0 Å². The topological polar surface area (TPSA) is 24.7 Å². The molecule has 208 valence electrons. The van der Waals surface area contributed by atoms with E-state index in [1.54, 1.807) is 0 Å². The summed E-state index contributed by atoms with van der Waals surface area (Å²) in [5.74, 6) is 0. The Morgan fingerprint density at radius 3 is 1.08 bits per heavy atom. The molecule has 0 radical (unpaired) electrons. The van der Waals surface area contributed by atoms with Crippen LogP contribution >= 0.6 is 0 Å². The second kappa shape index (κ2) is 19.4. The summed E-state index contributed by atoms with van der Waals surface area (Å²) in [6.45, 7) is 13.2. The summed E-state index contributed by atoms with van der Waals surface area (Å²) in [6.07, 6.45) is 17.6. The van der Waals surface area contributed by atoms with Gasteiger partial charge in [-0.05, 0) is 99.9 Å². The maximum Gasteiger partial charge on any atom is 0.0639 e. The summed E-state index contributed by atoms with van der Waals surface area (Å²) in [6, 6.07) is 13.3. The summed E-state index contributed by atoms with van der Waals surface area (Å²) < 4.78 is 0. The monoisotopic (exact) mass is 546 g/mol. The SMILES string of the molecule is CCCCCCCCC(=Nc1cc(C)cc(C)c1)C(CCCCCCCC)=Nc1cc(C)cc(C)c1.[Ni]. The average molecular weight is 547 g/mol. The van der Waals surface area contributed by atoms with Gasteiger partial charge in [-0.2, -0.15) is 0 Å². The molecule has 2 nitrogen and oxygen atoms in total. The molecule has 2 aromatic rings. The molecular weight excluding hydrogens is 495 g/mol. The van der Waals surface area contributed by atoms with Crippen LogP contribution in [0.2, 0.25) is 0 Å². The largest absolute Gasteiger partial charge is 0.252 e. The summed E-state index contributed by atoms with van der Waals surface area (Å²) in [4.78, 5) is 10.5. The molecule has 0 atom stereocenters. The second-order valence-corrected chi connectivity index (χ2v) is 10.8. The van der Waals surface area contributed by atoms with Crippen LogP contribution in [0.1, 0.15) is 126 Å². The molecule has 3 heteroatoms. The molecule has 0 aromatic heterocycles. The maximum atomic E-state index is 5.27. The molecule has 0 saturated heterocycles. The minimum Gasteiger partial charge on any atom is -0.252 e. The van der Waals surface area contributed by atoms with E-state index in [0.717, 1.165) is 24.2 Å². The van der Waals surface area contributed by atoms with E-state index in [0.29, 0.717) is 0 Å². The molecule has 0 heterocycles. The molecule has 0 unspecified atom stereocenters. The van der Waals surface area contributed by atoms with Gasteiger partial charge in [0.25, 0.3) is 0 Å². The van der Waals surface area contributed by atoms with Crippen LogP contribution in [0, 0.1) is 27.7 Å². The Hall–Kier alpha value is -1.73. The van der Waals surface area contributed by atoms with Crippen LogP contribution in [0.4, 0.5) is 11.4 Å². The van der Waals surface area contributed by atoms with Crippen LogP contribution in [0.25, 0.3) is 0 Å². The molecule has 0 saturated carbocycles. The van der Waals surface area contributed by atoms with Gasteiger partial charge < -0.3 is 0 Å². The van der Waals surface area contributed by atoms with Crippen molar-refractivity contribution in [1.82, 2.24) is 0 Å².